The van der Waals surface area contributed by atoms with Gasteiger partial charge in [0.25, 0.3) is 6.43 Å². The van der Waals surface area contributed by atoms with E-state index in [9.17, 15) is 8.78 Å². The number of nitrogens with two attached hydrogens (primary N) is 1. The molecule has 0 fully saturated rings. The van der Waals surface area contributed by atoms with Crippen molar-refractivity contribution in [2.75, 3.05) is 18.9 Å². The lowest BCUT2D eigenvalue weighted by atomic mass is 9.92. The first-order valence-corrected chi connectivity index (χ1v) is 6.98. The van der Waals surface area contributed by atoms with Crippen LogP contribution in [0.2, 0.25) is 0 Å². The minimum Gasteiger partial charge on any atom is -0.383 e. The summed E-state index contributed by atoms with van der Waals surface area (Å²) in [4.78, 5) is 8.61. The van der Waals surface area contributed by atoms with Crippen LogP contribution < -0.4 is 5.73 Å². The molecule has 0 saturated heterocycles. The van der Waals surface area contributed by atoms with Crippen molar-refractivity contribution in [3.63, 3.8) is 0 Å². The standard InChI is InChI=1S/C12H18F2IN3O/c1-12(2,3)10-9(15)11(16)18-8(17-10)4-5-19-6-7(13)14/h7H,4-6H2,1-3H3,(H2,16,17,18). The van der Waals surface area contributed by atoms with Gasteiger partial charge in [0.05, 0.1) is 15.9 Å². The lowest BCUT2D eigenvalue weighted by Crippen LogP contribution is -2.20. The van der Waals surface area contributed by atoms with Gasteiger partial charge in [-0.15, -0.1) is 0 Å². The number of hydrogen-bond donors (Lipinski definition) is 1. The molecule has 0 aliphatic carbocycles. The first-order chi connectivity index (χ1) is 8.71. The van der Waals surface area contributed by atoms with Crippen molar-refractivity contribution in [2.45, 2.75) is 39.0 Å². The maximum Gasteiger partial charge on any atom is 0.261 e. The highest BCUT2D eigenvalue weighted by atomic mass is 127. The molecule has 1 heterocycles. The van der Waals surface area contributed by atoms with Gasteiger partial charge in [-0.25, -0.2) is 18.7 Å². The number of nitrogens with zero attached hydrogens (tertiary/aromatic N) is 2. The summed E-state index contributed by atoms with van der Waals surface area (Å²) in [6, 6.07) is 0. The first kappa shape index (κ1) is 16.5. The average Bonchev–Trinajstić information content (AvgIpc) is 2.27. The fourth-order valence-corrected chi connectivity index (χ4v) is 2.51. The molecule has 0 aliphatic heterocycles. The normalized spacial score (nSPS) is 12.2. The van der Waals surface area contributed by atoms with E-state index in [0.717, 1.165) is 9.26 Å². The number of ether oxygens (including phenoxy) is 1. The van der Waals surface area contributed by atoms with E-state index < -0.39 is 13.0 Å². The van der Waals surface area contributed by atoms with E-state index in [1.54, 1.807) is 0 Å². The predicted octanol–water partition coefficient (Wildman–Crippen LogP) is 2.79. The minimum absolute atomic E-state index is 0.147. The number of hydrogen-bond acceptors (Lipinski definition) is 4. The molecular weight excluding hydrogens is 367 g/mol. The fraction of sp³-hybridized carbons (Fsp3) is 0.667. The largest absolute Gasteiger partial charge is 0.383 e. The number of alkyl halides is 2. The summed E-state index contributed by atoms with van der Waals surface area (Å²) in [6.07, 6.45) is -2.08. The van der Waals surface area contributed by atoms with Crippen molar-refractivity contribution < 1.29 is 13.5 Å². The van der Waals surface area contributed by atoms with Gasteiger partial charge in [-0.1, -0.05) is 20.8 Å². The second kappa shape index (κ2) is 6.74. The lowest BCUT2D eigenvalue weighted by molar-refractivity contribution is 0.0182. The number of rotatable bonds is 5. The summed E-state index contributed by atoms with van der Waals surface area (Å²) in [6.45, 7) is 5.70. The molecule has 1 aromatic rings. The van der Waals surface area contributed by atoms with Crippen molar-refractivity contribution in [3.05, 3.63) is 15.1 Å². The summed E-state index contributed by atoms with van der Waals surface area (Å²) in [5.74, 6) is 0.946. The van der Waals surface area contributed by atoms with Gasteiger partial charge < -0.3 is 10.5 Å². The molecule has 0 aliphatic rings. The number of nitrogen functional groups attached to an aromatic ring is 1. The molecule has 0 amide bonds. The van der Waals surface area contributed by atoms with E-state index in [0.29, 0.717) is 18.1 Å². The van der Waals surface area contributed by atoms with Gasteiger partial charge in [0.2, 0.25) is 0 Å². The van der Waals surface area contributed by atoms with Crippen LogP contribution >= 0.6 is 22.6 Å². The Hall–Kier alpha value is -0.570. The molecule has 0 spiro atoms. The third-order valence-corrected chi connectivity index (χ3v) is 3.41. The summed E-state index contributed by atoms with van der Waals surface area (Å²) >= 11 is 2.12. The van der Waals surface area contributed by atoms with E-state index in [-0.39, 0.29) is 12.0 Å². The molecule has 0 saturated carbocycles. The molecule has 1 rings (SSSR count). The zero-order chi connectivity index (χ0) is 14.6. The van der Waals surface area contributed by atoms with Gasteiger partial charge in [-0.05, 0) is 22.6 Å². The lowest BCUT2D eigenvalue weighted by Gasteiger charge is -2.20. The highest BCUT2D eigenvalue weighted by molar-refractivity contribution is 14.1. The zero-order valence-electron chi connectivity index (χ0n) is 11.2. The number of halogens is 3. The molecule has 1 aromatic heterocycles. The Morgan fingerprint density at radius 3 is 2.47 bits per heavy atom. The molecule has 19 heavy (non-hydrogen) atoms. The van der Waals surface area contributed by atoms with Crippen LogP contribution in [0.1, 0.15) is 32.3 Å². The van der Waals surface area contributed by atoms with Crippen molar-refractivity contribution in [3.8, 4) is 0 Å². The van der Waals surface area contributed by atoms with E-state index >= 15 is 0 Å². The summed E-state index contributed by atoms with van der Waals surface area (Å²) < 4.78 is 29.5. The first-order valence-electron chi connectivity index (χ1n) is 5.90. The second-order valence-electron chi connectivity index (χ2n) is 5.15. The molecule has 0 atom stereocenters. The van der Waals surface area contributed by atoms with Crippen LogP contribution in [0.4, 0.5) is 14.6 Å². The van der Waals surface area contributed by atoms with Gasteiger partial charge >= 0.3 is 0 Å². The smallest absolute Gasteiger partial charge is 0.261 e. The van der Waals surface area contributed by atoms with Gasteiger partial charge in [-0.3, -0.25) is 0 Å². The molecule has 0 radical (unpaired) electrons. The summed E-state index contributed by atoms with van der Waals surface area (Å²) in [5, 5.41) is 0. The minimum atomic E-state index is -2.45. The molecule has 0 unspecified atom stereocenters. The van der Waals surface area contributed by atoms with Crippen LogP contribution in [0.5, 0.6) is 0 Å². The molecule has 2 N–H and O–H groups in total. The van der Waals surface area contributed by atoms with Gasteiger partial charge in [0.1, 0.15) is 18.2 Å². The Bertz CT molecular complexity index is 436. The maximum atomic E-state index is 11.9. The SMILES string of the molecule is CC(C)(C)c1nc(CCOCC(F)F)nc(N)c1I. The van der Waals surface area contributed by atoms with Crippen LogP contribution in [0, 0.1) is 3.57 Å². The average molecular weight is 385 g/mol. The Morgan fingerprint density at radius 1 is 1.32 bits per heavy atom. The third-order valence-electron chi connectivity index (χ3n) is 2.35. The fourth-order valence-electron chi connectivity index (χ4n) is 1.46. The Labute approximate surface area is 125 Å². The van der Waals surface area contributed by atoms with E-state index in [1.165, 1.54) is 0 Å². The molecule has 7 heteroatoms. The van der Waals surface area contributed by atoms with Crippen molar-refractivity contribution in [1.82, 2.24) is 9.97 Å². The van der Waals surface area contributed by atoms with Crippen LogP contribution in [0.3, 0.4) is 0 Å². The Morgan fingerprint density at radius 2 is 1.95 bits per heavy atom. The highest BCUT2D eigenvalue weighted by Crippen LogP contribution is 2.28. The van der Waals surface area contributed by atoms with Crippen molar-refractivity contribution in [2.24, 2.45) is 0 Å². The second-order valence-corrected chi connectivity index (χ2v) is 6.23. The Kier molecular flexibility index (Phi) is 5.84. The van der Waals surface area contributed by atoms with E-state index in [4.69, 9.17) is 10.5 Å². The van der Waals surface area contributed by atoms with Crippen molar-refractivity contribution >= 4 is 28.4 Å². The summed E-state index contributed by atoms with van der Waals surface area (Å²) in [5.41, 5.74) is 6.57. The van der Waals surface area contributed by atoms with Gasteiger partial charge in [0.15, 0.2) is 0 Å². The molecule has 4 nitrogen and oxygen atoms in total. The Balaban J connectivity index is 2.78. The molecule has 0 aromatic carbocycles. The number of anilines is 1. The van der Waals surface area contributed by atoms with Gasteiger partial charge in [-0.2, -0.15) is 0 Å². The van der Waals surface area contributed by atoms with Crippen molar-refractivity contribution in [1.29, 1.82) is 0 Å². The maximum absolute atomic E-state index is 11.9. The molecule has 0 bridgehead atoms. The summed E-state index contributed by atoms with van der Waals surface area (Å²) in [7, 11) is 0. The van der Waals surface area contributed by atoms with Crippen LogP contribution in [-0.2, 0) is 16.6 Å². The highest BCUT2D eigenvalue weighted by Gasteiger charge is 2.22. The quantitative estimate of drug-likeness (QED) is 0.626. The van der Waals surface area contributed by atoms with E-state index in [2.05, 4.69) is 32.6 Å². The van der Waals surface area contributed by atoms with Crippen LogP contribution in [-0.4, -0.2) is 29.6 Å². The van der Waals surface area contributed by atoms with Crippen LogP contribution in [0.25, 0.3) is 0 Å². The predicted molar refractivity (Wildman–Crippen MR) is 78.4 cm³/mol. The zero-order valence-corrected chi connectivity index (χ0v) is 13.4. The topological polar surface area (TPSA) is 61.0 Å². The molecule has 108 valence electrons. The van der Waals surface area contributed by atoms with Gasteiger partial charge in [0, 0.05) is 11.8 Å². The monoisotopic (exact) mass is 385 g/mol. The molecular formula is C12H18F2IN3O. The van der Waals surface area contributed by atoms with E-state index in [1.807, 2.05) is 20.8 Å². The number of aromatic nitrogens is 2. The third kappa shape index (κ3) is 5.13. The van der Waals surface area contributed by atoms with Crippen LogP contribution in [0.15, 0.2) is 0 Å².